The second kappa shape index (κ2) is 6.31. The summed E-state index contributed by atoms with van der Waals surface area (Å²) in [7, 11) is 1.70. The van der Waals surface area contributed by atoms with Crippen molar-refractivity contribution in [3.63, 3.8) is 0 Å². The van der Waals surface area contributed by atoms with E-state index in [4.69, 9.17) is 4.74 Å². The maximum atomic E-state index is 5.23. The first-order chi connectivity index (χ1) is 10.3. The summed E-state index contributed by atoms with van der Waals surface area (Å²) in [6, 6.07) is 20.0. The van der Waals surface area contributed by atoms with Crippen LogP contribution >= 0.6 is 0 Å². The number of hydrogen-bond acceptors (Lipinski definition) is 2. The molecular formula is C19H23NO. The van der Waals surface area contributed by atoms with Crippen LogP contribution in [-0.2, 0) is 0 Å². The van der Waals surface area contributed by atoms with Gasteiger partial charge in [-0.05, 0) is 48.9 Å². The summed E-state index contributed by atoms with van der Waals surface area (Å²) < 4.78 is 5.23. The van der Waals surface area contributed by atoms with E-state index in [0.717, 1.165) is 11.7 Å². The van der Waals surface area contributed by atoms with Crippen LogP contribution in [0.3, 0.4) is 0 Å². The van der Waals surface area contributed by atoms with Gasteiger partial charge in [-0.25, -0.2) is 0 Å². The molecule has 0 amide bonds. The third kappa shape index (κ3) is 3.45. The summed E-state index contributed by atoms with van der Waals surface area (Å²) >= 11 is 0. The van der Waals surface area contributed by atoms with Crippen LogP contribution in [0.15, 0.2) is 54.6 Å². The Labute approximate surface area is 127 Å². The molecule has 2 heteroatoms. The Morgan fingerprint density at radius 2 is 1.62 bits per heavy atom. The van der Waals surface area contributed by atoms with Crippen molar-refractivity contribution in [2.24, 2.45) is 5.92 Å². The highest BCUT2D eigenvalue weighted by atomic mass is 16.5. The average molecular weight is 281 g/mol. The molecule has 110 valence electrons. The van der Waals surface area contributed by atoms with Gasteiger partial charge in [0.15, 0.2) is 0 Å². The first-order valence-corrected chi connectivity index (χ1v) is 7.73. The molecular weight excluding hydrogens is 258 g/mol. The molecule has 1 aliphatic carbocycles. The molecule has 1 aliphatic rings. The molecule has 1 saturated carbocycles. The predicted molar refractivity (Wildman–Crippen MR) is 86.5 cm³/mol. The van der Waals surface area contributed by atoms with Crippen molar-refractivity contribution >= 4 is 0 Å². The van der Waals surface area contributed by atoms with Crippen molar-refractivity contribution in [2.45, 2.75) is 31.8 Å². The van der Waals surface area contributed by atoms with E-state index in [2.05, 4.69) is 54.7 Å². The zero-order valence-corrected chi connectivity index (χ0v) is 12.8. The Hall–Kier alpha value is -1.80. The minimum absolute atomic E-state index is 0.335. The molecule has 0 spiro atoms. The van der Waals surface area contributed by atoms with E-state index in [0.29, 0.717) is 12.1 Å². The van der Waals surface area contributed by atoms with E-state index in [1.54, 1.807) is 7.11 Å². The maximum Gasteiger partial charge on any atom is 0.118 e. The van der Waals surface area contributed by atoms with Crippen LogP contribution in [0.1, 0.15) is 43.0 Å². The van der Waals surface area contributed by atoms with E-state index in [1.807, 2.05) is 12.1 Å². The quantitative estimate of drug-likeness (QED) is 0.842. The Bertz CT molecular complexity index is 560. The lowest BCUT2D eigenvalue weighted by atomic mass is 9.99. The molecule has 1 N–H and O–H groups in total. The molecule has 2 aromatic carbocycles. The molecule has 21 heavy (non-hydrogen) atoms. The van der Waals surface area contributed by atoms with E-state index in [1.165, 1.54) is 24.0 Å². The first-order valence-electron chi connectivity index (χ1n) is 7.73. The second-order valence-electron chi connectivity index (χ2n) is 5.89. The zero-order valence-electron chi connectivity index (χ0n) is 12.8. The van der Waals surface area contributed by atoms with Crippen molar-refractivity contribution < 1.29 is 4.74 Å². The molecule has 0 aromatic heterocycles. The van der Waals surface area contributed by atoms with E-state index in [-0.39, 0.29) is 0 Å². The minimum atomic E-state index is 0.335. The molecule has 0 saturated heterocycles. The van der Waals surface area contributed by atoms with E-state index in [9.17, 15) is 0 Å². The summed E-state index contributed by atoms with van der Waals surface area (Å²) in [5.74, 6) is 1.70. The van der Waals surface area contributed by atoms with Crippen LogP contribution in [0.25, 0.3) is 0 Å². The van der Waals surface area contributed by atoms with Gasteiger partial charge < -0.3 is 10.1 Å². The van der Waals surface area contributed by atoms with Crippen LogP contribution in [0.4, 0.5) is 0 Å². The van der Waals surface area contributed by atoms with Gasteiger partial charge in [-0.15, -0.1) is 0 Å². The Morgan fingerprint density at radius 3 is 2.19 bits per heavy atom. The number of rotatable bonds is 6. The fraction of sp³-hybridized carbons (Fsp3) is 0.368. The maximum absolute atomic E-state index is 5.23. The van der Waals surface area contributed by atoms with Gasteiger partial charge in [-0.3, -0.25) is 0 Å². The summed E-state index contributed by atoms with van der Waals surface area (Å²) in [4.78, 5) is 0. The molecule has 1 fully saturated rings. The fourth-order valence-electron chi connectivity index (χ4n) is 2.85. The van der Waals surface area contributed by atoms with Crippen LogP contribution in [0.5, 0.6) is 5.75 Å². The predicted octanol–water partition coefficient (Wildman–Crippen LogP) is 4.50. The number of nitrogens with one attached hydrogen (secondary N) is 1. The largest absolute Gasteiger partial charge is 0.497 e. The van der Waals surface area contributed by atoms with Crippen LogP contribution in [0.2, 0.25) is 0 Å². The summed E-state index contributed by atoms with van der Waals surface area (Å²) in [5, 5.41) is 3.81. The fourth-order valence-corrected chi connectivity index (χ4v) is 2.85. The summed E-state index contributed by atoms with van der Waals surface area (Å²) in [5.41, 5.74) is 2.71. The van der Waals surface area contributed by atoms with Gasteiger partial charge in [-0.2, -0.15) is 0 Å². The van der Waals surface area contributed by atoms with Crippen LogP contribution in [-0.4, -0.2) is 7.11 Å². The third-order valence-electron chi connectivity index (χ3n) is 4.30. The molecule has 0 heterocycles. The molecule has 2 atom stereocenters. The molecule has 0 aliphatic heterocycles. The van der Waals surface area contributed by atoms with Gasteiger partial charge in [0.1, 0.15) is 5.75 Å². The first kappa shape index (κ1) is 14.2. The van der Waals surface area contributed by atoms with Crippen LogP contribution < -0.4 is 10.1 Å². The zero-order chi connectivity index (χ0) is 14.7. The van der Waals surface area contributed by atoms with Gasteiger partial charge in [0.05, 0.1) is 7.11 Å². The van der Waals surface area contributed by atoms with Crippen molar-refractivity contribution in [3.05, 3.63) is 65.7 Å². The van der Waals surface area contributed by atoms with Crippen molar-refractivity contribution in [3.8, 4) is 5.75 Å². The Morgan fingerprint density at radius 1 is 0.952 bits per heavy atom. The van der Waals surface area contributed by atoms with Crippen LogP contribution in [0, 0.1) is 5.92 Å². The lowest BCUT2D eigenvalue weighted by Gasteiger charge is -2.24. The Balaban J connectivity index is 1.73. The average Bonchev–Trinajstić information content (AvgIpc) is 3.38. The van der Waals surface area contributed by atoms with Crippen molar-refractivity contribution in [2.75, 3.05) is 7.11 Å². The lowest BCUT2D eigenvalue weighted by Crippen LogP contribution is -2.26. The molecule has 2 nitrogen and oxygen atoms in total. The number of benzene rings is 2. The Kier molecular flexibility index (Phi) is 4.26. The van der Waals surface area contributed by atoms with E-state index < -0.39 is 0 Å². The van der Waals surface area contributed by atoms with Crippen molar-refractivity contribution in [1.82, 2.24) is 5.32 Å². The molecule has 2 aromatic rings. The third-order valence-corrected chi connectivity index (χ3v) is 4.30. The van der Waals surface area contributed by atoms with Crippen molar-refractivity contribution in [1.29, 1.82) is 0 Å². The van der Waals surface area contributed by atoms with Gasteiger partial charge in [-0.1, -0.05) is 42.5 Å². The molecule has 3 rings (SSSR count). The second-order valence-corrected chi connectivity index (χ2v) is 5.89. The highest BCUT2D eigenvalue weighted by Crippen LogP contribution is 2.42. The van der Waals surface area contributed by atoms with Gasteiger partial charge in [0.2, 0.25) is 0 Å². The standard InChI is InChI=1S/C19H23NO/c1-14(15-10-12-18(21-2)13-11-15)20-19(17-8-9-17)16-6-4-3-5-7-16/h3-7,10-14,17,19-20H,8-9H2,1-2H3/t14-,19?/m1/s1. The van der Waals surface area contributed by atoms with E-state index >= 15 is 0 Å². The lowest BCUT2D eigenvalue weighted by molar-refractivity contribution is 0.412. The highest BCUT2D eigenvalue weighted by molar-refractivity contribution is 5.29. The summed E-state index contributed by atoms with van der Waals surface area (Å²) in [6.07, 6.45) is 2.67. The minimum Gasteiger partial charge on any atom is -0.497 e. The molecule has 0 bridgehead atoms. The number of hydrogen-bond donors (Lipinski definition) is 1. The van der Waals surface area contributed by atoms with Gasteiger partial charge >= 0.3 is 0 Å². The van der Waals surface area contributed by atoms with Gasteiger partial charge in [0, 0.05) is 12.1 Å². The smallest absolute Gasteiger partial charge is 0.118 e. The summed E-state index contributed by atoms with van der Waals surface area (Å²) in [6.45, 7) is 2.24. The number of methoxy groups -OCH3 is 1. The topological polar surface area (TPSA) is 21.3 Å². The normalized spacial score (nSPS) is 17.2. The molecule has 1 unspecified atom stereocenters. The monoisotopic (exact) mass is 281 g/mol. The highest BCUT2D eigenvalue weighted by Gasteiger charge is 2.32. The molecule has 0 radical (unpaired) electrons. The SMILES string of the molecule is COc1ccc([C@@H](C)NC(c2ccccc2)C2CC2)cc1. The van der Waals surface area contributed by atoms with Gasteiger partial charge in [0.25, 0.3) is 0 Å². The number of ether oxygens (including phenoxy) is 1.